The Morgan fingerprint density at radius 1 is 1.57 bits per heavy atom. The summed E-state index contributed by atoms with van der Waals surface area (Å²) in [5.41, 5.74) is 1.01. The summed E-state index contributed by atoms with van der Waals surface area (Å²) < 4.78 is 6.09. The van der Waals surface area contributed by atoms with E-state index in [1.807, 2.05) is 38.1 Å². The molecule has 1 aromatic carbocycles. The van der Waals surface area contributed by atoms with Crippen molar-refractivity contribution in [3.8, 4) is 0 Å². The second-order valence-corrected chi connectivity index (χ2v) is 4.27. The molecular formula is C11H13IO2. The highest BCUT2D eigenvalue weighted by Crippen LogP contribution is 2.18. The van der Waals surface area contributed by atoms with Crippen LogP contribution in [0.25, 0.3) is 0 Å². The first-order valence-corrected chi connectivity index (χ1v) is 5.65. The van der Waals surface area contributed by atoms with Gasteiger partial charge in [0.2, 0.25) is 0 Å². The molecule has 1 unspecified atom stereocenters. The average Bonchev–Trinajstić information content (AvgIpc) is 2.17. The Balaban J connectivity index is 2.78. The minimum atomic E-state index is -0.176. The Hall–Kier alpha value is -0.580. The molecule has 14 heavy (non-hydrogen) atoms. The SMILES string of the molecule is CCOC(=O)C(C)c1cccc(I)c1. The monoisotopic (exact) mass is 304 g/mol. The van der Waals surface area contributed by atoms with E-state index in [2.05, 4.69) is 22.6 Å². The zero-order valence-corrected chi connectivity index (χ0v) is 10.4. The van der Waals surface area contributed by atoms with Gasteiger partial charge in [0, 0.05) is 3.57 Å². The van der Waals surface area contributed by atoms with Gasteiger partial charge in [0.15, 0.2) is 0 Å². The molecule has 0 bridgehead atoms. The van der Waals surface area contributed by atoms with Crippen LogP contribution < -0.4 is 0 Å². The summed E-state index contributed by atoms with van der Waals surface area (Å²) in [6, 6.07) is 7.90. The molecule has 0 amide bonds. The van der Waals surface area contributed by atoms with E-state index in [9.17, 15) is 4.79 Å². The molecule has 2 nitrogen and oxygen atoms in total. The zero-order chi connectivity index (χ0) is 10.6. The Morgan fingerprint density at radius 3 is 2.86 bits per heavy atom. The third-order valence-corrected chi connectivity index (χ3v) is 2.66. The van der Waals surface area contributed by atoms with Crippen LogP contribution >= 0.6 is 22.6 Å². The summed E-state index contributed by atoms with van der Waals surface area (Å²) in [6.07, 6.45) is 0. The number of rotatable bonds is 3. The first kappa shape index (κ1) is 11.5. The highest BCUT2D eigenvalue weighted by Gasteiger charge is 2.15. The molecule has 3 heteroatoms. The second kappa shape index (κ2) is 5.34. The topological polar surface area (TPSA) is 26.3 Å². The Labute approximate surface area is 97.8 Å². The quantitative estimate of drug-likeness (QED) is 0.634. The predicted molar refractivity (Wildman–Crippen MR) is 64.2 cm³/mol. The van der Waals surface area contributed by atoms with Crippen LogP contribution in [0.5, 0.6) is 0 Å². The van der Waals surface area contributed by atoms with Gasteiger partial charge in [0.05, 0.1) is 12.5 Å². The molecule has 0 saturated heterocycles. The number of ether oxygens (including phenoxy) is 1. The van der Waals surface area contributed by atoms with Crippen molar-refractivity contribution in [2.24, 2.45) is 0 Å². The maximum Gasteiger partial charge on any atom is 0.313 e. The van der Waals surface area contributed by atoms with Crippen LogP contribution in [0.3, 0.4) is 0 Å². The number of hydrogen-bond donors (Lipinski definition) is 0. The molecule has 0 fully saturated rings. The Morgan fingerprint density at radius 2 is 2.29 bits per heavy atom. The van der Waals surface area contributed by atoms with Crippen LogP contribution in [0.4, 0.5) is 0 Å². The standard InChI is InChI=1S/C11H13IO2/c1-3-14-11(13)8(2)9-5-4-6-10(12)7-9/h4-8H,3H2,1-2H3. The number of esters is 1. The van der Waals surface area contributed by atoms with Crippen LogP contribution in [-0.4, -0.2) is 12.6 Å². The summed E-state index contributed by atoms with van der Waals surface area (Å²) in [6.45, 7) is 4.12. The van der Waals surface area contributed by atoms with E-state index in [4.69, 9.17) is 4.74 Å². The molecule has 0 aliphatic heterocycles. The van der Waals surface area contributed by atoms with E-state index < -0.39 is 0 Å². The zero-order valence-electron chi connectivity index (χ0n) is 8.29. The van der Waals surface area contributed by atoms with E-state index in [1.54, 1.807) is 0 Å². The number of carbonyl (C=O) groups is 1. The molecule has 1 aromatic rings. The Bertz CT molecular complexity index is 323. The lowest BCUT2D eigenvalue weighted by Gasteiger charge is -2.10. The summed E-state index contributed by atoms with van der Waals surface area (Å²) in [5.74, 6) is -0.334. The van der Waals surface area contributed by atoms with Gasteiger partial charge in [-0.3, -0.25) is 4.79 Å². The van der Waals surface area contributed by atoms with Crippen molar-refractivity contribution in [2.75, 3.05) is 6.61 Å². The van der Waals surface area contributed by atoms with Crippen molar-refractivity contribution in [2.45, 2.75) is 19.8 Å². The van der Waals surface area contributed by atoms with Crippen LogP contribution in [0.1, 0.15) is 25.3 Å². The highest BCUT2D eigenvalue weighted by molar-refractivity contribution is 14.1. The van der Waals surface area contributed by atoms with Crippen LogP contribution in [-0.2, 0) is 9.53 Å². The van der Waals surface area contributed by atoms with Crippen molar-refractivity contribution in [1.82, 2.24) is 0 Å². The Kier molecular flexibility index (Phi) is 4.38. The number of benzene rings is 1. The lowest BCUT2D eigenvalue weighted by Crippen LogP contribution is -2.12. The third kappa shape index (κ3) is 2.97. The highest BCUT2D eigenvalue weighted by atomic mass is 127. The van der Waals surface area contributed by atoms with Gasteiger partial charge >= 0.3 is 5.97 Å². The predicted octanol–water partition coefficient (Wildman–Crippen LogP) is 2.96. The molecule has 0 heterocycles. The second-order valence-electron chi connectivity index (χ2n) is 3.03. The van der Waals surface area contributed by atoms with Crippen molar-refractivity contribution in [3.05, 3.63) is 33.4 Å². The summed E-state index contributed by atoms with van der Waals surface area (Å²) in [4.78, 5) is 11.4. The molecule has 0 radical (unpaired) electrons. The molecule has 0 N–H and O–H groups in total. The van der Waals surface area contributed by atoms with E-state index in [1.165, 1.54) is 0 Å². The van der Waals surface area contributed by atoms with Crippen molar-refractivity contribution in [3.63, 3.8) is 0 Å². The number of hydrogen-bond acceptors (Lipinski definition) is 2. The molecular weight excluding hydrogens is 291 g/mol. The first-order valence-electron chi connectivity index (χ1n) is 4.57. The molecule has 1 rings (SSSR count). The van der Waals surface area contributed by atoms with E-state index in [0.29, 0.717) is 6.61 Å². The number of carbonyl (C=O) groups excluding carboxylic acids is 1. The molecule has 0 spiro atoms. The minimum absolute atomic E-state index is 0.158. The van der Waals surface area contributed by atoms with E-state index in [-0.39, 0.29) is 11.9 Å². The van der Waals surface area contributed by atoms with E-state index in [0.717, 1.165) is 9.13 Å². The minimum Gasteiger partial charge on any atom is -0.466 e. The fraction of sp³-hybridized carbons (Fsp3) is 0.364. The smallest absolute Gasteiger partial charge is 0.313 e. The van der Waals surface area contributed by atoms with Gasteiger partial charge in [-0.15, -0.1) is 0 Å². The largest absolute Gasteiger partial charge is 0.466 e. The van der Waals surface area contributed by atoms with Crippen LogP contribution in [0.15, 0.2) is 24.3 Å². The van der Waals surface area contributed by atoms with Gasteiger partial charge in [-0.2, -0.15) is 0 Å². The first-order chi connectivity index (χ1) is 6.65. The molecule has 0 aliphatic rings. The molecule has 76 valence electrons. The van der Waals surface area contributed by atoms with E-state index >= 15 is 0 Å². The maximum atomic E-state index is 11.4. The third-order valence-electron chi connectivity index (χ3n) is 1.99. The van der Waals surface area contributed by atoms with Gasteiger partial charge in [0.25, 0.3) is 0 Å². The molecule has 0 aromatic heterocycles. The van der Waals surface area contributed by atoms with Gasteiger partial charge in [0.1, 0.15) is 0 Å². The van der Waals surface area contributed by atoms with Crippen molar-refractivity contribution >= 4 is 28.6 Å². The van der Waals surface area contributed by atoms with Gasteiger partial charge in [-0.1, -0.05) is 12.1 Å². The number of halogens is 1. The average molecular weight is 304 g/mol. The van der Waals surface area contributed by atoms with Crippen LogP contribution in [0.2, 0.25) is 0 Å². The fourth-order valence-corrected chi connectivity index (χ4v) is 1.75. The normalized spacial score (nSPS) is 12.2. The van der Waals surface area contributed by atoms with Crippen molar-refractivity contribution < 1.29 is 9.53 Å². The summed E-state index contributed by atoms with van der Waals surface area (Å²) in [5, 5.41) is 0. The summed E-state index contributed by atoms with van der Waals surface area (Å²) >= 11 is 2.23. The summed E-state index contributed by atoms with van der Waals surface area (Å²) in [7, 11) is 0. The van der Waals surface area contributed by atoms with Crippen LogP contribution in [0, 0.1) is 3.57 Å². The molecule has 0 aliphatic carbocycles. The molecule has 1 atom stereocenters. The maximum absolute atomic E-state index is 11.4. The molecule has 0 saturated carbocycles. The lowest BCUT2D eigenvalue weighted by atomic mass is 10.0. The lowest BCUT2D eigenvalue weighted by molar-refractivity contribution is -0.144. The fourth-order valence-electron chi connectivity index (χ4n) is 1.18. The van der Waals surface area contributed by atoms with Crippen molar-refractivity contribution in [1.29, 1.82) is 0 Å². The van der Waals surface area contributed by atoms with Gasteiger partial charge < -0.3 is 4.74 Å². The van der Waals surface area contributed by atoms with Gasteiger partial charge in [-0.25, -0.2) is 0 Å². The van der Waals surface area contributed by atoms with Gasteiger partial charge in [-0.05, 0) is 54.1 Å².